The molecule has 1 aromatic carbocycles. The Morgan fingerprint density at radius 1 is 1.38 bits per heavy atom. The van der Waals surface area contributed by atoms with E-state index >= 15 is 0 Å². The van der Waals surface area contributed by atoms with Gasteiger partial charge in [0.25, 0.3) is 10.1 Å². The standard InChI is InChI=1S/C13H16O7S/c1-21(16,17)20-11-7-18-12(19-8-11)6-9-3-2-4-10(5-9)13(14)15/h2-5,11-12H,6-8H2,1H3,(H,14,15). The van der Waals surface area contributed by atoms with Crippen molar-refractivity contribution < 1.29 is 32.0 Å². The molecule has 7 nitrogen and oxygen atoms in total. The van der Waals surface area contributed by atoms with E-state index in [1.54, 1.807) is 18.2 Å². The van der Waals surface area contributed by atoms with Gasteiger partial charge in [-0.3, -0.25) is 4.18 Å². The fourth-order valence-electron chi connectivity index (χ4n) is 1.97. The van der Waals surface area contributed by atoms with Gasteiger partial charge in [0.2, 0.25) is 0 Å². The molecule has 8 heteroatoms. The van der Waals surface area contributed by atoms with E-state index in [2.05, 4.69) is 0 Å². The average Bonchev–Trinajstić information content (AvgIpc) is 2.40. The van der Waals surface area contributed by atoms with E-state index in [4.69, 9.17) is 18.8 Å². The second-order valence-electron chi connectivity index (χ2n) is 4.73. The third kappa shape index (κ3) is 5.09. The Bertz CT molecular complexity index is 603. The van der Waals surface area contributed by atoms with Gasteiger partial charge >= 0.3 is 5.97 Å². The Morgan fingerprint density at radius 2 is 2.05 bits per heavy atom. The van der Waals surface area contributed by atoms with Crippen LogP contribution in [-0.4, -0.2) is 51.4 Å². The average molecular weight is 316 g/mol. The van der Waals surface area contributed by atoms with Crippen molar-refractivity contribution in [3.63, 3.8) is 0 Å². The smallest absolute Gasteiger partial charge is 0.335 e. The first-order chi connectivity index (χ1) is 9.83. The molecule has 1 aliphatic rings. The molecule has 1 saturated heterocycles. The second-order valence-corrected chi connectivity index (χ2v) is 6.33. The Kier molecular flexibility index (Phi) is 4.94. The molecule has 0 saturated carbocycles. The largest absolute Gasteiger partial charge is 0.478 e. The van der Waals surface area contributed by atoms with Crippen LogP contribution in [0.2, 0.25) is 0 Å². The van der Waals surface area contributed by atoms with Gasteiger partial charge in [0.1, 0.15) is 6.10 Å². The van der Waals surface area contributed by atoms with Crippen molar-refractivity contribution in [2.24, 2.45) is 0 Å². The van der Waals surface area contributed by atoms with E-state index in [1.807, 2.05) is 0 Å². The molecule has 1 heterocycles. The quantitative estimate of drug-likeness (QED) is 0.796. The molecule has 0 atom stereocenters. The molecule has 0 aromatic heterocycles. The summed E-state index contributed by atoms with van der Waals surface area (Å²) in [6, 6.07) is 6.48. The van der Waals surface area contributed by atoms with Gasteiger partial charge in [-0.15, -0.1) is 0 Å². The van der Waals surface area contributed by atoms with Crippen LogP contribution in [0, 0.1) is 0 Å². The summed E-state index contributed by atoms with van der Waals surface area (Å²) < 4.78 is 37.5. The molecule has 0 radical (unpaired) electrons. The SMILES string of the molecule is CS(=O)(=O)OC1COC(Cc2cccc(C(=O)O)c2)OC1. The summed E-state index contributed by atoms with van der Waals surface area (Å²) in [5, 5.41) is 8.92. The molecular formula is C13H16O7S. The number of hydrogen-bond acceptors (Lipinski definition) is 6. The Labute approximate surface area is 122 Å². The Balaban J connectivity index is 1.89. The first kappa shape index (κ1) is 15.9. The van der Waals surface area contributed by atoms with Crippen molar-refractivity contribution in [1.82, 2.24) is 0 Å². The lowest BCUT2D eigenvalue weighted by molar-refractivity contribution is -0.209. The van der Waals surface area contributed by atoms with E-state index in [0.29, 0.717) is 6.42 Å². The van der Waals surface area contributed by atoms with Crippen LogP contribution in [0.25, 0.3) is 0 Å². The highest BCUT2D eigenvalue weighted by molar-refractivity contribution is 7.86. The maximum atomic E-state index is 11.0. The molecule has 116 valence electrons. The van der Waals surface area contributed by atoms with Crippen molar-refractivity contribution in [3.05, 3.63) is 35.4 Å². The van der Waals surface area contributed by atoms with Crippen molar-refractivity contribution in [1.29, 1.82) is 0 Å². The molecule has 0 bridgehead atoms. The zero-order valence-corrected chi connectivity index (χ0v) is 12.2. The summed E-state index contributed by atoms with van der Waals surface area (Å²) in [6.07, 6.45) is 0.151. The molecule has 2 rings (SSSR count). The summed E-state index contributed by atoms with van der Waals surface area (Å²) in [7, 11) is -3.54. The zero-order chi connectivity index (χ0) is 15.5. The third-order valence-electron chi connectivity index (χ3n) is 2.82. The molecule has 1 aromatic rings. The molecule has 1 fully saturated rings. The Morgan fingerprint density at radius 3 is 2.62 bits per heavy atom. The number of carboxylic acids is 1. The van der Waals surface area contributed by atoms with E-state index in [0.717, 1.165) is 11.8 Å². The first-order valence-electron chi connectivity index (χ1n) is 6.27. The second kappa shape index (κ2) is 6.52. The number of benzene rings is 1. The van der Waals surface area contributed by atoms with Gasteiger partial charge in [0.05, 0.1) is 25.0 Å². The molecule has 21 heavy (non-hydrogen) atoms. The first-order valence-corrected chi connectivity index (χ1v) is 8.09. The van der Waals surface area contributed by atoms with Gasteiger partial charge in [-0.2, -0.15) is 8.42 Å². The molecule has 0 aliphatic carbocycles. The summed E-state index contributed by atoms with van der Waals surface area (Å²) in [5.74, 6) is -0.996. The summed E-state index contributed by atoms with van der Waals surface area (Å²) in [4.78, 5) is 10.9. The lowest BCUT2D eigenvalue weighted by Gasteiger charge is -2.28. The van der Waals surface area contributed by atoms with Crippen LogP contribution >= 0.6 is 0 Å². The van der Waals surface area contributed by atoms with Crippen molar-refractivity contribution in [3.8, 4) is 0 Å². The number of rotatable bonds is 5. The monoisotopic (exact) mass is 316 g/mol. The molecule has 0 amide bonds. The van der Waals surface area contributed by atoms with Gasteiger partial charge in [-0.25, -0.2) is 4.79 Å². The number of carbonyl (C=O) groups is 1. The lowest BCUT2D eigenvalue weighted by Crippen LogP contribution is -2.39. The van der Waals surface area contributed by atoms with Crippen LogP contribution in [0.1, 0.15) is 15.9 Å². The Hall–Kier alpha value is -1.48. The van der Waals surface area contributed by atoms with E-state index in [1.165, 1.54) is 6.07 Å². The molecule has 1 aliphatic heterocycles. The number of ether oxygens (including phenoxy) is 2. The van der Waals surface area contributed by atoms with Crippen LogP contribution in [0.3, 0.4) is 0 Å². The number of hydrogen-bond donors (Lipinski definition) is 1. The van der Waals surface area contributed by atoms with Crippen LogP contribution in [-0.2, 0) is 30.2 Å². The van der Waals surface area contributed by atoms with Crippen LogP contribution in [0.5, 0.6) is 0 Å². The number of aromatic carboxylic acids is 1. The number of carboxylic acid groups (broad SMARTS) is 1. The highest BCUT2D eigenvalue weighted by Gasteiger charge is 2.25. The van der Waals surface area contributed by atoms with Gasteiger partial charge in [-0.05, 0) is 17.7 Å². The van der Waals surface area contributed by atoms with Gasteiger partial charge in [0, 0.05) is 6.42 Å². The minimum Gasteiger partial charge on any atom is -0.478 e. The predicted molar refractivity (Wildman–Crippen MR) is 72.5 cm³/mol. The lowest BCUT2D eigenvalue weighted by atomic mass is 10.1. The van der Waals surface area contributed by atoms with Crippen LogP contribution in [0.15, 0.2) is 24.3 Å². The maximum Gasteiger partial charge on any atom is 0.335 e. The predicted octanol–water partition coefficient (Wildman–Crippen LogP) is 0.645. The van der Waals surface area contributed by atoms with Crippen LogP contribution in [0.4, 0.5) is 0 Å². The molecular weight excluding hydrogens is 300 g/mol. The highest BCUT2D eigenvalue weighted by Crippen LogP contribution is 2.16. The van der Waals surface area contributed by atoms with Gasteiger partial charge < -0.3 is 14.6 Å². The topological polar surface area (TPSA) is 99.1 Å². The van der Waals surface area contributed by atoms with Crippen molar-refractivity contribution >= 4 is 16.1 Å². The van der Waals surface area contributed by atoms with Crippen molar-refractivity contribution in [2.45, 2.75) is 18.8 Å². The summed E-state index contributed by atoms with van der Waals surface area (Å²) in [6.45, 7) is 0.215. The van der Waals surface area contributed by atoms with Crippen LogP contribution < -0.4 is 0 Å². The molecule has 1 N–H and O–H groups in total. The fraction of sp³-hybridized carbons (Fsp3) is 0.462. The third-order valence-corrected chi connectivity index (χ3v) is 3.44. The molecule has 0 spiro atoms. The van der Waals surface area contributed by atoms with Gasteiger partial charge in [-0.1, -0.05) is 12.1 Å². The highest BCUT2D eigenvalue weighted by atomic mass is 32.2. The maximum absolute atomic E-state index is 11.0. The summed E-state index contributed by atoms with van der Waals surface area (Å²) >= 11 is 0. The van der Waals surface area contributed by atoms with E-state index < -0.39 is 28.5 Å². The molecule has 0 unspecified atom stereocenters. The van der Waals surface area contributed by atoms with E-state index in [9.17, 15) is 13.2 Å². The van der Waals surface area contributed by atoms with Gasteiger partial charge in [0.15, 0.2) is 6.29 Å². The van der Waals surface area contributed by atoms with E-state index in [-0.39, 0.29) is 18.8 Å². The fourth-order valence-corrected chi connectivity index (χ4v) is 2.58. The zero-order valence-electron chi connectivity index (χ0n) is 11.4. The van der Waals surface area contributed by atoms with Crippen molar-refractivity contribution in [2.75, 3.05) is 19.5 Å². The minimum absolute atomic E-state index is 0.107. The normalized spacial score (nSPS) is 22.9. The summed E-state index contributed by atoms with van der Waals surface area (Å²) in [5.41, 5.74) is 0.962. The minimum atomic E-state index is -3.54.